The lowest BCUT2D eigenvalue weighted by Gasteiger charge is -2.19. The second-order valence-corrected chi connectivity index (χ2v) is 8.43. The number of fused-ring (bicyclic) bond motifs is 1. The van der Waals surface area contributed by atoms with Gasteiger partial charge in [-0.3, -0.25) is 24.9 Å². The molecule has 0 spiro atoms. The molecule has 0 saturated carbocycles. The fourth-order valence-electron chi connectivity index (χ4n) is 4.03. The van der Waals surface area contributed by atoms with E-state index in [1.165, 1.54) is 12.4 Å². The number of amidine groups is 1. The Bertz CT molecular complexity index is 1480. The van der Waals surface area contributed by atoms with Crippen LogP contribution < -0.4 is 15.4 Å². The van der Waals surface area contributed by atoms with Crippen molar-refractivity contribution in [2.24, 2.45) is 5.73 Å². The van der Waals surface area contributed by atoms with E-state index in [9.17, 15) is 19.5 Å². The largest absolute Gasteiger partial charge is 0.480 e. The number of nitrogens with zero attached hydrogens (tertiary/aromatic N) is 2. The summed E-state index contributed by atoms with van der Waals surface area (Å²) in [5.74, 6) is -1.13. The summed E-state index contributed by atoms with van der Waals surface area (Å²) in [5, 5.41) is 17.3. The third-order valence-electron chi connectivity index (χ3n) is 5.82. The van der Waals surface area contributed by atoms with E-state index in [0.717, 1.165) is 10.5 Å². The highest BCUT2D eigenvalue weighted by molar-refractivity contribution is 6.09. The van der Waals surface area contributed by atoms with Crippen molar-refractivity contribution in [2.75, 3.05) is 11.4 Å². The average Bonchev–Trinajstić information content (AvgIpc) is 3.21. The highest BCUT2D eigenvalue weighted by Crippen LogP contribution is 2.28. The number of hydrogen-bond donors (Lipinski definition) is 4. The van der Waals surface area contributed by atoms with E-state index in [1.54, 1.807) is 49.4 Å². The number of carbonyl (C=O) groups is 3. The van der Waals surface area contributed by atoms with E-state index in [2.05, 4.69) is 9.97 Å². The number of carboxylic acids is 1. The molecular weight excluding hydrogens is 474 g/mol. The minimum Gasteiger partial charge on any atom is -0.480 e. The zero-order chi connectivity index (χ0) is 26.5. The smallest absolute Gasteiger partial charge is 0.420 e. The van der Waals surface area contributed by atoms with Crippen LogP contribution in [0.4, 0.5) is 10.5 Å². The molecule has 5 N–H and O–H groups in total. The number of amides is 1. The number of nitrogen functional groups attached to an aromatic ring is 1. The Labute approximate surface area is 212 Å². The van der Waals surface area contributed by atoms with E-state index in [0.29, 0.717) is 34.1 Å². The first-order valence-electron chi connectivity index (χ1n) is 11.4. The quantitative estimate of drug-likeness (QED) is 0.153. The third kappa shape index (κ3) is 5.81. The van der Waals surface area contributed by atoms with Crippen LogP contribution in [-0.2, 0) is 11.2 Å². The van der Waals surface area contributed by atoms with Crippen LogP contribution in [-0.4, -0.2) is 45.3 Å². The molecular formula is C27H25N5O5. The van der Waals surface area contributed by atoms with Gasteiger partial charge in [-0.05, 0) is 49.2 Å². The number of Topliss-reactive ketones (excluding diaryl/α,β-unsaturated/α-hetero) is 1. The number of H-pyrrole nitrogens is 1. The van der Waals surface area contributed by atoms with Crippen LogP contribution in [0.1, 0.15) is 33.6 Å². The number of benzene rings is 2. The predicted octanol–water partition coefficient (Wildman–Crippen LogP) is 4.06. The third-order valence-corrected chi connectivity index (χ3v) is 5.82. The van der Waals surface area contributed by atoms with E-state index >= 15 is 0 Å². The van der Waals surface area contributed by atoms with Gasteiger partial charge in [0.15, 0.2) is 5.78 Å². The summed E-state index contributed by atoms with van der Waals surface area (Å²) in [5.41, 5.74) is 9.24. The van der Waals surface area contributed by atoms with Gasteiger partial charge in [0, 0.05) is 40.3 Å². The number of pyridine rings is 1. The Morgan fingerprint density at radius 1 is 1.14 bits per heavy atom. The minimum absolute atomic E-state index is 0.0138. The van der Waals surface area contributed by atoms with Gasteiger partial charge in [0.1, 0.15) is 18.1 Å². The number of anilines is 1. The molecule has 10 heteroatoms. The highest BCUT2D eigenvalue weighted by Gasteiger charge is 2.22. The van der Waals surface area contributed by atoms with Gasteiger partial charge >= 0.3 is 12.1 Å². The number of carboxylic acid groups (broad SMARTS) is 1. The number of ketones is 1. The lowest BCUT2D eigenvalue weighted by atomic mass is 9.99. The maximum absolute atomic E-state index is 13.2. The minimum atomic E-state index is -1.21. The summed E-state index contributed by atoms with van der Waals surface area (Å²) in [6.07, 6.45) is 2.75. The first-order chi connectivity index (χ1) is 17.7. The molecule has 0 aliphatic heterocycles. The number of nitrogens with one attached hydrogen (secondary N) is 2. The number of nitrogens with two attached hydrogens (primary N) is 1. The van der Waals surface area contributed by atoms with Crippen molar-refractivity contribution in [3.8, 4) is 5.75 Å². The molecule has 0 saturated heterocycles. The molecule has 0 aliphatic rings. The fraction of sp³-hybridized carbons (Fsp3) is 0.148. The van der Waals surface area contributed by atoms with Crippen molar-refractivity contribution in [2.45, 2.75) is 19.8 Å². The van der Waals surface area contributed by atoms with Crippen LogP contribution in [0.2, 0.25) is 0 Å². The summed E-state index contributed by atoms with van der Waals surface area (Å²) >= 11 is 0. The summed E-state index contributed by atoms with van der Waals surface area (Å²) < 4.78 is 5.49. The molecule has 0 unspecified atom stereocenters. The SMILES string of the molecule is Cc1[nH]c2ccc(OC(=O)N(CC(=O)O)c3cccnc3)cc2c1C(=O)CCc1ccc(C(=N)N)cc1. The molecule has 10 nitrogen and oxygen atoms in total. The molecule has 4 rings (SSSR count). The Hall–Kier alpha value is -4.99. The maximum atomic E-state index is 13.2. The topological polar surface area (TPSA) is 162 Å². The molecule has 0 atom stereocenters. The van der Waals surface area contributed by atoms with E-state index in [1.807, 2.05) is 12.1 Å². The number of rotatable bonds is 9. The number of aromatic amines is 1. The zero-order valence-corrected chi connectivity index (χ0v) is 20.0. The van der Waals surface area contributed by atoms with Crippen molar-refractivity contribution in [3.05, 3.63) is 89.4 Å². The number of aromatic nitrogens is 2. The second kappa shape index (κ2) is 10.7. The fourth-order valence-corrected chi connectivity index (χ4v) is 4.03. The van der Waals surface area contributed by atoms with Crippen molar-refractivity contribution in [1.82, 2.24) is 9.97 Å². The van der Waals surface area contributed by atoms with E-state index in [-0.39, 0.29) is 29.5 Å². The molecule has 188 valence electrons. The Morgan fingerprint density at radius 3 is 2.54 bits per heavy atom. The predicted molar refractivity (Wildman–Crippen MR) is 138 cm³/mol. The van der Waals surface area contributed by atoms with E-state index in [4.69, 9.17) is 15.9 Å². The molecule has 2 heterocycles. The number of aryl methyl sites for hydroxylation is 2. The molecule has 0 radical (unpaired) electrons. The van der Waals surface area contributed by atoms with Crippen LogP contribution in [0, 0.1) is 12.3 Å². The van der Waals surface area contributed by atoms with Gasteiger partial charge in [0.25, 0.3) is 0 Å². The molecule has 0 aliphatic carbocycles. The molecule has 4 aromatic rings. The number of hydrogen-bond acceptors (Lipinski definition) is 6. The van der Waals surface area contributed by atoms with Gasteiger partial charge < -0.3 is 20.6 Å². The lowest BCUT2D eigenvalue weighted by Crippen LogP contribution is -2.37. The zero-order valence-electron chi connectivity index (χ0n) is 20.0. The van der Waals surface area contributed by atoms with Gasteiger partial charge in [-0.25, -0.2) is 4.79 Å². The Kier molecular flexibility index (Phi) is 7.28. The maximum Gasteiger partial charge on any atom is 0.420 e. The summed E-state index contributed by atoms with van der Waals surface area (Å²) in [6, 6.07) is 15.2. The van der Waals surface area contributed by atoms with Gasteiger partial charge in [-0.15, -0.1) is 0 Å². The summed E-state index contributed by atoms with van der Waals surface area (Å²) in [6.45, 7) is 1.20. The summed E-state index contributed by atoms with van der Waals surface area (Å²) in [7, 11) is 0. The average molecular weight is 500 g/mol. The van der Waals surface area contributed by atoms with E-state index < -0.39 is 18.6 Å². The number of aliphatic carboxylic acids is 1. The Morgan fingerprint density at radius 2 is 1.89 bits per heavy atom. The first-order valence-corrected chi connectivity index (χ1v) is 11.4. The molecule has 2 aromatic heterocycles. The van der Waals surface area contributed by atoms with Crippen molar-refractivity contribution in [3.63, 3.8) is 0 Å². The molecule has 1 amide bonds. The van der Waals surface area contributed by atoms with Crippen molar-refractivity contribution >= 4 is 40.3 Å². The lowest BCUT2D eigenvalue weighted by molar-refractivity contribution is -0.135. The monoisotopic (exact) mass is 499 g/mol. The molecule has 0 fully saturated rings. The van der Waals surface area contributed by atoms with Crippen LogP contribution in [0.5, 0.6) is 5.75 Å². The van der Waals surface area contributed by atoms with Gasteiger partial charge in [0.05, 0.1) is 11.9 Å². The van der Waals surface area contributed by atoms with Crippen molar-refractivity contribution in [1.29, 1.82) is 5.41 Å². The normalized spacial score (nSPS) is 10.7. The number of carbonyl (C=O) groups excluding carboxylic acids is 2. The van der Waals surface area contributed by atoms with Gasteiger partial charge in [0.2, 0.25) is 0 Å². The summed E-state index contributed by atoms with van der Waals surface area (Å²) in [4.78, 5) is 45.4. The molecule has 2 aromatic carbocycles. The molecule has 0 bridgehead atoms. The highest BCUT2D eigenvalue weighted by atomic mass is 16.6. The van der Waals surface area contributed by atoms with Gasteiger partial charge in [-0.1, -0.05) is 24.3 Å². The molecule has 37 heavy (non-hydrogen) atoms. The van der Waals surface area contributed by atoms with Crippen LogP contribution >= 0.6 is 0 Å². The van der Waals surface area contributed by atoms with Gasteiger partial charge in [-0.2, -0.15) is 0 Å². The standard InChI is InChI=1S/C27H25N5O5/c1-16-25(23(33)11-6-17-4-7-18(8-5-17)26(28)29)21-13-20(9-10-22(21)31-16)37-27(36)32(15-24(34)35)19-3-2-12-30-14-19/h2-5,7-10,12-14,31H,6,11,15H2,1H3,(H3,28,29)(H,34,35). The first kappa shape index (κ1) is 25.1. The van der Waals surface area contributed by atoms with Crippen LogP contribution in [0.3, 0.4) is 0 Å². The van der Waals surface area contributed by atoms with Crippen LogP contribution in [0.15, 0.2) is 67.0 Å². The van der Waals surface area contributed by atoms with Crippen LogP contribution in [0.25, 0.3) is 10.9 Å². The second-order valence-electron chi connectivity index (χ2n) is 8.43. The van der Waals surface area contributed by atoms with Crippen molar-refractivity contribution < 1.29 is 24.2 Å². The number of ether oxygens (including phenoxy) is 1. The Balaban J connectivity index is 1.54.